The standard InChI is InChI=1S/C17H35N3/c1-4-9-18-17-8-6-5-7-16(17)14-19-10-12-20(13-11-19)15(2)3/h15-18H,4-14H2,1-3H3. The molecule has 2 atom stereocenters. The number of hydrogen-bond acceptors (Lipinski definition) is 3. The van der Waals surface area contributed by atoms with E-state index in [1.165, 1.54) is 71.4 Å². The molecule has 2 rings (SSSR count). The van der Waals surface area contributed by atoms with Gasteiger partial charge in [0.25, 0.3) is 0 Å². The Bertz CT molecular complexity index is 259. The van der Waals surface area contributed by atoms with E-state index in [1.807, 2.05) is 0 Å². The molecule has 118 valence electrons. The van der Waals surface area contributed by atoms with Gasteiger partial charge in [-0.25, -0.2) is 0 Å². The lowest BCUT2D eigenvalue weighted by Crippen LogP contribution is -2.52. The second kappa shape index (κ2) is 8.35. The lowest BCUT2D eigenvalue weighted by Gasteiger charge is -2.41. The zero-order valence-electron chi connectivity index (χ0n) is 13.9. The Hall–Kier alpha value is -0.120. The van der Waals surface area contributed by atoms with Gasteiger partial charge < -0.3 is 10.2 Å². The van der Waals surface area contributed by atoms with Crippen LogP contribution in [0.15, 0.2) is 0 Å². The van der Waals surface area contributed by atoms with Crippen LogP contribution in [0.1, 0.15) is 52.9 Å². The van der Waals surface area contributed by atoms with Crippen LogP contribution in [-0.2, 0) is 0 Å². The molecule has 0 bridgehead atoms. The quantitative estimate of drug-likeness (QED) is 0.807. The molecule has 0 aromatic rings. The van der Waals surface area contributed by atoms with E-state index in [2.05, 4.69) is 35.9 Å². The summed E-state index contributed by atoms with van der Waals surface area (Å²) < 4.78 is 0. The Kier molecular flexibility index (Phi) is 6.79. The first kappa shape index (κ1) is 16.3. The van der Waals surface area contributed by atoms with Crippen molar-refractivity contribution in [1.82, 2.24) is 15.1 Å². The summed E-state index contributed by atoms with van der Waals surface area (Å²) in [6, 6.07) is 1.50. The Balaban J connectivity index is 1.76. The fourth-order valence-corrected chi connectivity index (χ4v) is 3.82. The van der Waals surface area contributed by atoms with Gasteiger partial charge in [0.15, 0.2) is 0 Å². The molecule has 0 aromatic heterocycles. The molecular weight excluding hydrogens is 246 g/mol. The fourth-order valence-electron chi connectivity index (χ4n) is 3.82. The van der Waals surface area contributed by atoms with Crippen molar-refractivity contribution in [1.29, 1.82) is 0 Å². The maximum Gasteiger partial charge on any atom is 0.0113 e. The summed E-state index contributed by atoms with van der Waals surface area (Å²) >= 11 is 0. The average Bonchev–Trinajstić information content (AvgIpc) is 2.47. The van der Waals surface area contributed by atoms with Crippen LogP contribution < -0.4 is 5.32 Å². The van der Waals surface area contributed by atoms with Gasteiger partial charge in [-0.2, -0.15) is 0 Å². The summed E-state index contributed by atoms with van der Waals surface area (Å²) in [5.74, 6) is 0.890. The monoisotopic (exact) mass is 281 g/mol. The second-order valence-electron chi connectivity index (χ2n) is 7.04. The second-order valence-corrected chi connectivity index (χ2v) is 7.04. The molecule has 2 aliphatic rings. The molecule has 3 heteroatoms. The van der Waals surface area contributed by atoms with Crippen LogP contribution in [-0.4, -0.2) is 61.2 Å². The third kappa shape index (κ3) is 4.71. The van der Waals surface area contributed by atoms with Gasteiger partial charge in [0.05, 0.1) is 0 Å². The zero-order chi connectivity index (χ0) is 14.4. The molecule has 2 unspecified atom stereocenters. The third-order valence-electron chi connectivity index (χ3n) is 5.20. The van der Waals surface area contributed by atoms with E-state index in [0.717, 1.165) is 12.0 Å². The third-order valence-corrected chi connectivity index (χ3v) is 5.20. The molecule has 0 spiro atoms. The van der Waals surface area contributed by atoms with Gasteiger partial charge in [-0.3, -0.25) is 4.90 Å². The van der Waals surface area contributed by atoms with Gasteiger partial charge in [0.2, 0.25) is 0 Å². The molecule has 3 nitrogen and oxygen atoms in total. The molecule has 1 heterocycles. The predicted octanol–water partition coefficient (Wildman–Crippen LogP) is 2.57. The van der Waals surface area contributed by atoms with Crippen molar-refractivity contribution in [3.8, 4) is 0 Å². The topological polar surface area (TPSA) is 18.5 Å². The predicted molar refractivity (Wildman–Crippen MR) is 87.2 cm³/mol. The number of piperazine rings is 1. The van der Waals surface area contributed by atoms with Crippen LogP contribution in [0.3, 0.4) is 0 Å². The van der Waals surface area contributed by atoms with Crippen molar-refractivity contribution >= 4 is 0 Å². The number of nitrogens with zero attached hydrogens (tertiary/aromatic N) is 2. The van der Waals surface area contributed by atoms with Crippen LogP contribution in [0.5, 0.6) is 0 Å². The minimum atomic E-state index is 0.714. The van der Waals surface area contributed by atoms with Crippen LogP contribution in [0.25, 0.3) is 0 Å². The highest BCUT2D eigenvalue weighted by Crippen LogP contribution is 2.25. The Labute approximate surface area is 126 Å². The summed E-state index contributed by atoms with van der Waals surface area (Å²) in [4.78, 5) is 5.33. The molecule has 1 aliphatic carbocycles. The van der Waals surface area contributed by atoms with E-state index in [-0.39, 0.29) is 0 Å². The first-order valence-corrected chi connectivity index (χ1v) is 8.90. The van der Waals surface area contributed by atoms with Gasteiger partial charge >= 0.3 is 0 Å². The van der Waals surface area contributed by atoms with E-state index in [9.17, 15) is 0 Å². The minimum absolute atomic E-state index is 0.714. The van der Waals surface area contributed by atoms with Crippen molar-refractivity contribution in [3.63, 3.8) is 0 Å². The van der Waals surface area contributed by atoms with Crippen molar-refractivity contribution in [2.45, 2.75) is 65.0 Å². The maximum atomic E-state index is 3.80. The molecule has 1 saturated heterocycles. The van der Waals surface area contributed by atoms with Crippen LogP contribution in [0.4, 0.5) is 0 Å². The summed E-state index contributed by atoms with van der Waals surface area (Å²) in [6.07, 6.45) is 6.97. The van der Waals surface area contributed by atoms with E-state index in [4.69, 9.17) is 0 Å². The van der Waals surface area contributed by atoms with Gasteiger partial charge in [-0.1, -0.05) is 19.8 Å². The summed E-state index contributed by atoms with van der Waals surface area (Å²) in [5, 5.41) is 3.80. The molecule has 20 heavy (non-hydrogen) atoms. The van der Waals surface area contributed by atoms with Gasteiger partial charge in [-0.05, 0) is 45.6 Å². The lowest BCUT2D eigenvalue weighted by molar-refractivity contribution is 0.0832. The molecule has 1 N–H and O–H groups in total. The molecule has 0 aromatic carbocycles. The highest BCUT2D eigenvalue weighted by Gasteiger charge is 2.28. The van der Waals surface area contributed by atoms with Gasteiger partial charge in [-0.15, -0.1) is 0 Å². The van der Waals surface area contributed by atoms with E-state index in [1.54, 1.807) is 0 Å². The van der Waals surface area contributed by atoms with Crippen molar-refractivity contribution in [3.05, 3.63) is 0 Å². The van der Waals surface area contributed by atoms with Gasteiger partial charge in [0.1, 0.15) is 0 Å². The molecule has 1 saturated carbocycles. The SMILES string of the molecule is CCCNC1CCCCC1CN1CCN(C(C)C)CC1. The smallest absolute Gasteiger partial charge is 0.0113 e. The summed E-state index contributed by atoms with van der Waals surface area (Å²) in [6.45, 7) is 14.5. The summed E-state index contributed by atoms with van der Waals surface area (Å²) in [5.41, 5.74) is 0. The van der Waals surface area contributed by atoms with Crippen molar-refractivity contribution < 1.29 is 0 Å². The number of rotatable bonds is 6. The Morgan fingerprint density at radius 3 is 2.40 bits per heavy atom. The molecule has 0 radical (unpaired) electrons. The van der Waals surface area contributed by atoms with Crippen LogP contribution in [0, 0.1) is 5.92 Å². The Morgan fingerprint density at radius 2 is 1.75 bits per heavy atom. The zero-order valence-corrected chi connectivity index (χ0v) is 13.9. The first-order chi connectivity index (χ1) is 9.70. The molecular formula is C17H35N3. The normalized spacial score (nSPS) is 30.0. The van der Waals surface area contributed by atoms with E-state index < -0.39 is 0 Å². The van der Waals surface area contributed by atoms with E-state index >= 15 is 0 Å². The van der Waals surface area contributed by atoms with Crippen LogP contribution >= 0.6 is 0 Å². The average molecular weight is 281 g/mol. The Morgan fingerprint density at radius 1 is 1.05 bits per heavy atom. The summed E-state index contributed by atoms with van der Waals surface area (Å²) in [7, 11) is 0. The number of hydrogen-bond donors (Lipinski definition) is 1. The molecule has 1 aliphatic heterocycles. The highest BCUT2D eigenvalue weighted by atomic mass is 15.3. The molecule has 0 amide bonds. The van der Waals surface area contributed by atoms with Crippen molar-refractivity contribution in [2.75, 3.05) is 39.3 Å². The van der Waals surface area contributed by atoms with Gasteiger partial charge in [0, 0.05) is 44.8 Å². The minimum Gasteiger partial charge on any atom is -0.314 e. The van der Waals surface area contributed by atoms with E-state index in [0.29, 0.717) is 6.04 Å². The van der Waals surface area contributed by atoms with Crippen LogP contribution in [0.2, 0.25) is 0 Å². The maximum absolute atomic E-state index is 3.80. The lowest BCUT2D eigenvalue weighted by atomic mass is 9.84. The number of nitrogens with one attached hydrogen (secondary N) is 1. The largest absolute Gasteiger partial charge is 0.314 e. The molecule has 2 fully saturated rings. The fraction of sp³-hybridized carbons (Fsp3) is 1.00. The van der Waals surface area contributed by atoms with Crippen molar-refractivity contribution in [2.24, 2.45) is 5.92 Å². The highest BCUT2D eigenvalue weighted by molar-refractivity contribution is 4.85. The first-order valence-electron chi connectivity index (χ1n) is 8.90.